The second-order valence-electron chi connectivity index (χ2n) is 4.86. The van der Waals surface area contributed by atoms with Gasteiger partial charge in [-0.25, -0.2) is 0 Å². The van der Waals surface area contributed by atoms with Gasteiger partial charge >= 0.3 is 0 Å². The number of nitrogens with two attached hydrogens (primary N) is 1. The van der Waals surface area contributed by atoms with Gasteiger partial charge < -0.3 is 10.8 Å². The van der Waals surface area contributed by atoms with Crippen LogP contribution in [0.15, 0.2) is 12.1 Å². The number of hydrogen-bond acceptors (Lipinski definition) is 2. The zero-order chi connectivity index (χ0) is 11.2. The molecule has 2 heteroatoms. The molecule has 82 valence electrons. The summed E-state index contributed by atoms with van der Waals surface area (Å²) in [6.07, 6.45) is 1.36. The standard InChI is InChI=1S/C13H19NO/c1-8-4-5-11(10(3)9(8)2)12(15)13(14)6-7-13/h4-5,12,15H,6-7,14H2,1-3H3. The van der Waals surface area contributed by atoms with Crippen LogP contribution in [0.2, 0.25) is 0 Å². The molecule has 0 saturated heterocycles. The molecule has 0 heterocycles. The first-order chi connectivity index (χ1) is 6.96. The molecule has 2 rings (SSSR count). The normalized spacial score (nSPS) is 20.1. The Bertz CT molecular complexity index is 394. The van der Waals surface area contributed by atoms with E-state index in [1.165, 1.54) is 16.7 Å². The Labute approximate surface area is 91.1 Å². The van der Waals surface area contributed by atoms with E-state index < -0.39 is 6.10 Å². The largest absolute Gasteiger partial charge is 0.386 e. The molecule has 0 bridgehead atoms. The molecule has 1 aliphatic rings. The highest BCUT2D eigenvalue weighted by Gasteiger charge is 2.46. The van der Waals surface area contributed by atoms with Gasteiger partial charge in [-0.15, -0.1) is 0 Å². The van der Waals surface area contributed by atoms with E-state index in [0.717, 1.165) is 18.4 Å². The first kappa shape index (κ1) is 10.7. The molecule has 1 aliphatic carbocycles. The number of aliphatic hydroxyl groups excluding tert-OH is 1. The summed E-state index contributed by atoms with van der Waals surface area (Å²) in [6, 6.07) is 4.07. The second kappa shape index (κ2) is 3.32. The Hall–Kier alpha value is -0.860. The lowest BCUT2D eigenvalue weighted by molar-refractivity contribution is 0.135. The van der Waals surface area contributed by atoms with Crippen LogP contribution in [0.4, 0.5) is 0 Å². The van der Waals surface area contributed by atoms with Crippen molar-refractivity contribution in [2.45, 2.75) is 45.3 Å². The van der Waals surface area contributed by atoms with Gasteiger partial charge in [0.1, 0.15) is 0 Å². The van der Waals surface area contributed by atoms with Crippen molar-refractivity contribution in [1.82, 2.24) is 0 Å². The molecule has 1 fully saturated rings. The van der Waals surface area contributed by atoms with Gasteiger partial charge in [-0.05, 0) is 55.9 Å². The molecule has 1 unspecified atom stereocenters. The third kappa shape index (κ3) is 1.68. The summed E-state index contributed by atoms with van der Waals surface area (Å²) in [6.45, 7) is 6.25. The Morgan fingerprint density at radius 1 is 1.20 bits per heavy atom. The molecule has 1 aromatic carbocycles. The molecular formula is C13H19NO. The van der Waals surface area contributed by atoms with Crippen molar-refractivity contribution < 1.29 is 5.11 Å². The monoisotopic (exact) mass is 205 g/mol. The quantitative estimate of drug-likeness (QED) is 0.777. The summed E-state index contributed by atoms with van der Waals surface area (Å²) in [5.74, 6) is 0. The molecule has 1 saturated carbocycles. The minimum Gasteiger partial charge on any atom is -0.386 e. The molecule has 2 nitrogen and oxygen atoms in total. The van der Waals surface area contributed by atoms with Gasteiger partial charge in [0, 0.05) is 5.54 Å². The van der Waals surface area contributed by atoms with Crippen molar-refractivity contribution in [3.8, 4) is 0 Å². The highest BCUT2D eigenvalue weighted by Crippen LogP contribution is 2.44. The summed E-state index contributed by atoms with van der Waals surface area (Å²) in [7, 11) is 0. The lowest BCUT2D eigenvalue weighted by atomic mass is 9.92. The summed E-state index contributed by atoms with van der Waals surface area (Å²) >= 11 is 0. The number of aryl methyl sites for hydroxylation is 1. The Kier molecular flexibility index (Phi) is 2.36. The minimum atomic E-state index is -0.503. The molecule has 3 N–H and O–H groups in total. The van der Waals surface area contributed by atoms with E-state index in [9.17, 15) is 5.11 Å². The van der Waals surface area contributed by atoms with Crippen molar-refractivity contribution in [2.24, 2.45) is 5.73 Å². The van der Waals surface area contributed by atoms with Gasteiger partial charge in [-0.1, -0.05) is 12.1 Å². The van der Waals surface area contributed by atoms with Gasteiger partial charge in [0.25, 0.3) is 0 Å². The molecule has 1 atom stereocenters. The van der Waals surface area contributed by atoms with Gasteiger partial charge in [0.2, 0.25) is 0 Å². The topological polar surface area (TPSA) is 46.2 Å². The van der Waals surface area contributed by atoms with Gasteiger partial charge in [-0.2, -0.15) is 0 Å². The average Bonchev–Trinajstić information content (AvgIpc) is 2.94. The van der Waals surface area contributed by atoms with Gasteiger partial charge in [0.15, 0.2) is 0 Å². The summed E-state index contributed by atoms with van der Waals surface area (Å²) in [5, 5.41) is 10.2. The Balaban J connectivity index is 2.41. The third-order valence-corrected chi connectivity index (χ3v) is 3.77. The molecule has 15 heavy (non-hydrogen) atoms. The maximum absolute atomic E-state index is 10.2. The Morgan fingerprint density at radius 3 is 2.33 bits per heavy atom. The van der Waals surface area contributed by atoms with Crippen molar-refractivity contribution in [1.29, 1.82) is 0 Å². The first-order valence-corrected chi connectivity index (χ1v) is 5.49. The summed E-state index contributed by atoms with van der Waals surface area (Å²) < 4.78 is 0. The van der Waals surface area contributed by atoms with E-state index in [0.29, 0.717) is 0 Å². The van der Waals surface area contributed by atoms with Crippen molar-refractivity contribution in [3.05, 3.63) is 34.4 Å². The number of rotatable bonds is 2. The van der Waals surface area contributed by atoms with Crippen LogP contribution in [0, 0.1) is 20.8 Å². The van der Waals surface area contributed by atoms with Crippen LogP contribution in [-0.4, -0.2) is 10.6 Å². The number of benzene rings is 1. The van der Waals surface area contributed by atoms with Crippen LogP contribution < -0.4 is 5.73 Å². The van der Waals surface area contributed by atoms with Crippen LogP contribution in [-0.2, 0) is 0 Å². The summed E-state index contributed by atoms with van der Waals surface area (Å²) in [4.78, 5) is 0. The van der Waals surface area contributed by atoms with Crippen LogP contribution in [0.25, 0.3) is 0 Å². The third-order valence-electron chi connectivity index (χ3n) is 3.77. The van der Waals surface area contributed by atoms with Crippen LogP contribution >= 0.6 is 0 Å². The zero-order valence-electron chi connectivity index (χ0n) is 9.67. The highest BCUT2D eigenvalue weighted by atomic mass is 16.3. The van der Waals surface area contributed by atoms with E-state index in [1.54, 1.807) is 0 Å². The average molecular weight is 205 g/mol. The predicted octanol–water partition coefficient (Wildman–Crippen LogP) is 2.14. The van der Waals surface area contributed by atoms with Crippen LogP contribution in [0.1, 0.15) is 41.2 Å². The fourth-order valence-corrected chi connectivity index (χ4v) is 2.00. The van der Waals surface area contributed by atoms with E-state index >= 15 is 0 Å². The van der Waals surface area contributed by atoms with Crippen molar-refractivity contribution in [3.63, 3.8) is 0 Å². The zero-order valence-corrected chi connectivity index (χ0v) is 9.67. The van der Waals surface area contributed by atoms with Gasteiger partial charge in [-0.3, -0.25) is 0 Å². The summed E-state index contributed by atoms with van der Waals surface area (Å²) in [5.41, 5.74) is 10.4. The SMILES string of the molecule is Cc1ccc(C(O)C2(N)CC2)c(C)c1C. The predicted molar refractivity (Wildman–Crippen MR) is 61.8 cm³/mol. The van der Waals surface area contributed by atoms with Crippen LogP contribution in [0.3, 0.4) is 0 Å². The highest BCUT2D eigenvalue weighted by molar-refractivity contribution is 5.41. The number of hydrogen-bond donors (Lipinski definition) is 2. The second-order valence-corrected chi connectivity index (χ2v) is 4.86. The minimum absolute atomic E-state index is 0.355. The number of aliphatic hydroxyl groups is 1. The van der Waals surface area contributed by atoms with E-state index in [4.69, 9.17) is 5.73 Å². The van der Waals surface area contributed by atoms with Gasteiger partial charge in [0.05, 0.1) is 6.10 Å². The molecule has 0 radical (unpaired) electrons. The van der Waals surface area contributed by atoms with E-state index in [1.807, 2.05) is 6.07 Å². The maximum Gasteiger partial charge on any atom is 0.0972 e. The molecule has 0 spiro atoms. The van der Waals surface area contributed by atoms with Crippen molar-refractivity contribution in [2.75, 3.05) is 0 Å². The van der Waals surface area contributed by atoms with Crippen LogP contribution in [0.5, 0.6) is 0 Å². The molecular weight excluding hydrogens is 186 g/mol. The van der Waals surface area contributed by atoms with E-state index in [2.05, 4.69) is 26.8 Å². The van der Waals surface area contributed by atoms with E-state index in [-0.39, 0.29) is 5.54 Å². The molecule has 0 amide bonds. The lowest BCUT2D eigenvalue weighted by Crippen LogP contribution is -2.31. The fourth-order valence-electron chi connectivity index (χ4n) is 2.00. The Morgan fingerprint density at radius 2 is 1.80 bits per heavy atom. The molecule has 0 aliphatic heterocycles. The lowest BCUT2D eigenvalue weighted by Gasteiger charge is -2.21. The fraction of sp³-hybridized carbons (Fsp3) is 0.538. The maximum atomic E-state index is 10.2. The van der Waals surface area contributed by atoms with Crippen molar-refractivity contribution >= 4 is 0 Å². The molecule has 1 aromatic rings. The smallest absolute Gasteiger partial charge is 0.0972 e. The molecule has 0 aromatic heterocycles. The first-order valence-electron chi connectivity index (χ1n) is 5.49.